The molecule has 0 saturated heterocycles. The molecular formula is C11H11ClN4OS. The molecule has 0 aliphatic heterocycles. The third-order valence-electron chi connectivity index (χ3n) is 2.13. The van der Waals surface area contributed by atoms with E-state index in [9.17, 15) is 4.79 Å². The lowest BCUT2D eigenvalue weighted by Crippen LogP contribution is -2.13. The molecule has 1 amide bonds. The van der Waals surface area contributed by atoms with Crippen molar-refractivity contribution < 1.29 is 4.79 Å². The van der Waals surface area contributed by atoms with E-state index in [-0.39, 0.29) is 11.9 Å². The lowest BCUT2D eigenvalue weighted by molar-refractivity contribution is 0.102. The van der Waals surface area contributed by atoms with E-state index in [1.807, 2.05) is 6.92 Å². The van der Waals surface area contributed by atoms with Gasteiger partial charge in [-0.15, -0.1) is 11.3 Å². The van der Waals surface area contributed by atoms with Crippen molar-refractivity contribution in [1.82, 2.24) is 9.97 Å². The summed E-state index contributed by atoms with van der Waals surface area (Å²) in [4.78, 5) is 19.9. The zero-order valence-electron chi connectivity index (χ0n) is 9.55. The van der Waals surface area contributed by atoms with E-state index in [1.165, 1.54) is 17.5 Å². The van der Waals surface area contributed by atoms with Crippen LogP contribution in [0.5, 0.6) is 0 Å². The number of halogens is 1. The number of rotatable bonds is 3. The molecule has 94 valence electrons. The summed E-state index contributed by atoms with van der Waals surface area (Å²) in [5.41, 5.74) is 6.62. The lowest BCUT2D eigenvalue weighted by Gasteiger charge is -2.02. The maximum Gasteiger partial charge on any atom is 0.275 e. The van der Waals surface area contributed by atoms with Crippen molar-refractivity contribution in [3.05, 3.63) is 39.6 Å². The summed E-state index contributed by atoms with van der Waals surface area (Å²) in [6, 6.07) is 3.05. The van der Waals surface area contributed by atoms with E-state index < -0.39 is 0 Å². The fourth-order valence-corrected chi connectivity index (χ4v) is 2.21. The SMILES string of the molecule is CC(N)c1nc(C(=O)Nc2ccnc(Cl)c2)cs1. The van der Waals surface area contributed by atoms with Crippen molar-refractivity contribution in [1.29, 1.82) is 0 Å². The monoisotopic (exact) mass is 282 g/mol. The maximum absolute atomic E-state index is 11.9. The van der Waals surface area contributed by atoms with Gasteiger partial charge in [-0.05, 0) is 19.1 Å². The van der Waals surface area contributed by atoms with E-state index >= 15 is 0 Å². The Bertz CT molecular complexity index is 570. The third-order valence-corrected chi connectivity index (χ3v) is 3.38. The molecule has 0 saturated carbocycles. The van der Waals surface area contributed by atoms with Gasteiger partial charge in [-0.1, -0.05) is 11.6 Å². The second-order valence-electron chi connectivity index (χ2n) is 3.68. The first-order valence-electron chi connectivity index (χ1n) is 5.20. The molecule has 0 bridgehead atoms. The van der Waals surface area contributed by atoms with Crippen LogP contribution in [0.15, 0.2) is 23.7 Å². The smallest absolute Gasteiger partial charge is 0.275 e. The van der Waals surface area contributed by atoms with Crippen LogP contribution in [-0.2, 0) is 0 Å². The number of nitrogens with two attached hydrogens (primary N) is 1. The Kier molecular flexibility index (Phi) is 3.90. The molecule has 18 heavy (non-hydrogen) atoms. The molecule has 1 atom stereocenters. The van der Waals surface area contributed by atoms with Crippen molar-refractivity contribution in [3.63, 3.8) is 0 Å². The summed E-state index contributed by atoms with van der Waals surface area (Å²) in [5, 5.41) is 5.42. The van der Waals surface area contributed by atoms with Crippen LogP contribution in [0, 0.1) is 0 Å². The molecule has 0 fully saturated rings. The van der Waals surface area contributed by atoms with Gasteiger partial charge in [0, 0.05) is 17.3 Å². The Morgan fingerprint density at radius 3 is 3.00 bits per heavy atom. The molecule has 0 aromatic carbocycles. The van der Waals surface area contributed by atoms with Gasteiger partial charge in [0.1, 0.15) is 15.9 Å². The first-order valence-corrected chi connectivity index (χ1v) is 6.46. The fraction of sp³-hybridized carbons (Fsp3) is 0.182. The van der Waals surface area contributed by atoms with Crippen LogP contribution in [-0.4, -0.2) is 15.9 Å². The number of hydrogen-bond donors (Lipinski definition) is 2. The fourth-order valence-electron chi connectivity index (χ4n) is 1.28. The van der Waals surface area contributed by atoms with E-state index in [4.69, 9.17) is 17.3 Å². The molecule has 2 heterocycles. The van der Waals surface area contributed by atoms with Crippen LogP contribution in [0.4, 0.5) is 5.69 Å². The Labute approximate surface area is 113 Å². The molecule has 1 unspecified atom stereocenters. The van der Waals surface area contributed by atoms with E-state index in [0.717, 1.165) is 5.01 Å². The van der Waals surface area contributed by atoms with Crippen molar-refractivity contribution in [3.8, 4) is 0 Å². The van der Waals surface area contributed by atoms with Gasteiger partial charge in [0.15, 0.2) is 0 Å². The molecule has 0 aliphatic rings. The second-order valence-corrected chi connectivity index (χ2v) is 4.96. The van der Waals surface area contributed by atoms with E-state index in [1.54, 1.807) is 17.5 Å². The summed E-state index contributed by atoms with van der Waals surface area (Å²) < 4.78 is 0. The van der Waals surface area contributed by atoms with Crippen LogP contribution in [0.25, 0.3) is 0 Å². The molecule has 7 heteroatoms. The zero-order valence-corrected chi connectivity index (χ0v) is 11.1. The number of thiazole rings is 1. The molecule has 0 aliphatic carbocycles. The molecule has 2 aromatic heterocycles. The summed E-state index contributed by atoms with van der Waals surface area (Å²) in [6.45, 7) is 1.82. The Balaban J connectivity index is 2.12. The topological polar surface area (TPSA) is 80.9 Å². The van der Waals surface area contributed by atoms with Crippen LogP contribution in [0.2, 0.25) is 5.15 Å². The van der Waals surface area contributed by atoms with Gasteiger partial charge < -0.3 is 11.1 Å². The van der Waals surface area contributed by atoms with E-state index in [0.29, 0.717) is 16.5 Å². The highest BCUT2D eigenvalue weighted by Gasteiger charge is 2.13. The van der Waals surface area contributed by atoms with Crippen LogP contribution < -0.4 is 11.1 Å². The molecule has 2 rings (SSSR count). The second kappa shape index (κ2) is 5.43. The normalized spacial score (nSPS) is 12.2. The maximum atomic E-state index is 11.9. The molecule has 0 radical (unpaired) electrons. The number of aromatic nitrogens is 2. The highest BCUT2D eigenvalue weighted by atomic mass is 35.5. The molecule has 5 nitrogen and oxygen atoms in total. The van der Waals surface area contributed by atoms with Gasteiger partial charge in [0.2, 0.25) is 0 Å². The van der Waals surface area contributed by atoms with Gasteiger partial charge in [-0.3, -0.25) is 4.79 Å². The summed E-state index contributed by atoms with van der Waals surface area (Å²) in [6.07, 6.45) is 1.52. The minimum absolute atomic E-state index is 0.174. The first kappa shape index (κ1) is 12.9. The number of carbonyl (C=O) groups excluding carboxylic acids is 1. The van der Waals surface area contributed by atoms with Crippen molar-refractivity contribution in [2.45, 2.75) is 13.0 Å². The van der Waals surface area contributed by atoms with Crippen molar-refractivity contribution >= 4 is 34.5 Å². The predicted octanol–water partition coefficient (Wildman–Crippen LogP) is 2.46. The van der Waals surface area contributed by atoms with E-state index in [2.05, 4.69) is 15.3 Å². The number of pyridine rings is 1. The molecular weight excluding hydrogens is 272 g/mol. The van der Waals surface area contributed by atoms with Gasteiger partial charge in [-0.25, -0.2) is 9.97 Å². The largest absolute Gasteiger partial charge is 0.322 e. The molecule has 3 N–H and O–H groups in total. The minimum atomic E-state index is -0.291. The molecule has 2 aromatic rings. The van der Waals surface area contributed by atoms with Gasteiger partial charge in [0.25, 0.3) is 5.91 Å². The van der Waals surface area contributed by atoms with Crippen LogP contribution in [0.3, 0.4) is 0 Å². The Morgan fingerprint density at radius 1 is 1.61 bits per heavy atom. The molecule has 0 spiro atoms. The standard InChI is InChI=1S/C11H11ClN4OS/c1-6(13)11-16-8(5-18-11)10(17)15-7-2-3-14-9(12)4-7/h2-6H,13H2,1H3,(H,14,15,17). The predicted molar refractivity (Wildman–Crippen MR) is 71.9 cm³/mol. The van der Waals surface area contributed by atoms with Crippen LogP contribution in [0.1, 0.15) is 28.5 Å². The van der Waals surface area contributed by atoms with Gasteiger partial charge >= 0.3 is 0 Å². The number of anilines is 1. The number of hydrogen-bond acceptors (Lipinski definition) is 5. The zero-order chi connectivity index (χ0) is 13.1. The Morgan fingerprint density at radius 2 is 2.39 bits per heavy atom. The van der Waals surface area contributed by atoms with Gasteiger partial charge in [-0.2, -0.15) is 0 Å². The summed E-state index contributed by atoms with van der Waals surface area (Å²) in [5.74, 6) is -0.291. The Hall–Kier alpha value is -1.50. The van der Waals surface area contributed by atoms with Crippen molar-refractivity contribution in [2.24, 2.45) is 5.73 Å². The number of amides is 1. The average Bonchev–Trinajstić information content (AvgIpc) is 2.78. The number of carbonyl (C=O) groups is 1. The third kappa shape index (κ3) is 3.04. The van der Waals surface area contributed by atoms with Crippen molar-refractivity contribution in [2.75, 3.05) is 5.32 Å². The first-order chi connectivity index (χ1) is 8.56. The summed E-state index contributed by atoms with van der Waals surface area (Å²) >= 11 is 7.09. The number of nitrogens with zero attached hydrogens (tertiary/aromatic N) is 2. The number of nitrogens with one attached hydrogen (secondary N) is 1. The summed E-state index contributed by atoms with van der Waals surface area (Å²) in [7, 11) is 0. The minimum Gasteiger partial charge on any atom is -0.322 e. The highest BCUT2D eigenvalue weighted by Crippen LogP contribution is 2.17. The van der Waals surface area contributed by atoms with Crippen LogP contribution >= 0.6 is 22.9 Å². The van der Waals surface area contributed by atoms with Gasteiger partial charge in [0.05, 0.1) is 6.04 Å². The average molecular weight is 283 g/mol. The lowest BCUT2D eigenvalue weighted by atomic mass is 10.3. The quantitative estimate of drug-likeness (QED) is 0.848. The highest BCUT2D eigenvalue weighted by molar-refractivity contribution is 7.09.